The molecule has 2 N–H and O–H groups in total. The van der Waals surface area contributed by atoms with Crippen LogP contribution in [0.2, 0.25) is 0 Å². The molecule has 138 valence electrons. The van der Waals surface area contributed by atoms with Gasteiger partial charge in [0.15, 0.2) is 0 Å². The van der Waals surface area contributed by atoms with Gasteiger partial charge in [-0.15, -0.1) is 0 Å². The Labute approximate surface area is 147 Å². The van der Waals surface area contributed by atoms with E-state index in [0.29, 0.717) is 11.3 Å². The van der Waals surface area contributed by atoms with Gasteiger partial charge in [-0.1, -0.05) is 24.3 Å². The molecular formula is C17H16F3N3O3. The number of amides is 1. The summed E-state index contributed by atoms with van der Waals surface area (Å²) >= 11 is 0. The van der Waals surface area contributed by atoms with Crippen LogP contribution in [0.15, 0.2) is 48.5 Å². The van der Waals surface area contributed by atoms with Gasteiger partial charge in [0.1, 0.15) is 5.69 Å². The van der Waals surface area contributed by atoms with Crippen LogP contribution < -0.4 is 10.6 Å². The van der Waals surface area contributed by atoms with Crippen LogP contribution in [-0.2, 0) is 17.4 Å². The van der Waals surface area contributed by atoms with Crippen LogP contribution in [0.4, 0.5) is 24.5 Å². The zero-order valence-corrected chi connectivity index (χ0v) is 13.5. The number of hydrogen-bond donors (Lipinski definition) is 2. The van der Waals surface area contributed by atoms with Crippen LogP contribution in [0.5, 0.6) is 0 Å². The lowest BCUT2D eigenvalue weighted by atomic mass is 10.1. The first-order valence-electron chi connectivity index (χ1n) is 7.67. The van der Waals surface area contributed by atoms with Gasteiger partial charge in [-0.3, -0.25) is 14.9 Å². The van der Waals surface area contributed by atoms with E-state index in [-0.39, 0.29) is 31.1 Å². The van der Waals surface area contributed by atoms with Gasteiger partial charge >= 0.3 is 6.18 Å². The number of nitrogens with zero attached hydrogens (tertiary/aromatic N) is 1. The predicted octanol–water partition coefficient (Wildman–Crippen LogP) is 3.38. The number of para-hydroxylation sites is 2. The average Bonchev–Trinajstić information content (AvgIpc) is 2.58. The van der Waals surface area contributed by atoms with E-state index in [0.717, 1.165) is 12.1 Å². The van der Waals surface area contributed by atoms with E-state index in [1.54, 1.807) is 18.2 Å². The first-order valence-corrected chi connectivity index (χ1v) is 7.67. The maximum Gasteiger partial charge on any atom is 0.416 e. The summed E-state index contributed by atoms with van der Waals surface area (Å²) < 4.78 is 37.4. The van der Waals surface area contributed by atoms with Crippen LogP contribution in [0.1, 0.15) is 11.1 Å². The number of rotatable bonds is 7. The minimum absolute atomic E-state index is 0.0520. The molecule has 1 amide bonds. The van der Waals surface area contributed by atoms with Crippen molar-refractivity contribution in [2.75, 3.05) is 18.4 Å². The zero-order chi connectivity index (χ0) is 19.2. The van der Waals surface area contributed by atoms with Crippen molar-refractivity contribution >= 4 is 17.3 Å². The van der Waals surface area contributed by atoms with Gasteiger partial charge in [-0.25, -0.2) is 0 Å². The molecule has 9 heteroatoms. The highest BCUT2D eigenvalue weighted by molar-refractivity contribution is 5.78. The fraction of sp³-hybridized carbons (Fsp3) is 0.235. The lowest BCUT2D eigenvalue weighted by molar-refractivity contribution is -0.384. The molecule has 0 saturated heterocycles. The van der Waals surface area contributed by atoms with E-state index in [4.69, 9.17) is 0 Å². The van der Waals surface area contributed by atoms with Gasteiger partial charge < -0.3 is 10.6 Å². The molecule has 0 radical (unpaired) electrons. The van der Waals surface area contributed by atoms with E-state index in [2.05, 4.69) is 10.6 Å². The van der Waals surface area contributed by atoms with Gasteiger partial charge in [-0.05, 0) is 23.8 Å². The standard InChI is InChI=1S/C17H16F3N3O3/c18-17(19,20)13-7-5-12(6-8-13)11-16(24)22-10-9-21-14-3-1-2-4-15(14)23(25)26/h1-8,21H,9-11H2,(H,22,24). The first-order chi connectivity index (χ1) is 12.3. The molecule has 2 aromatic rings. The Kier molecular flexibility index (Phi) is 6.16. The third kappa shape index (κ3) is 5.47. The van der Waals surface area contributed by atoms with E-state index in [1.807, 2.05) is 0 Å². The lowest BCUT2D eigenvalue weighted by Crippen LogP contribution is -2.30. The van der Waals surface area contributed by atoms with Crippen LogP contribution in [0.3, 0.4) is 0 Å². The molecule has 0 heterocycles. The summed E-state index contributed by atoms with van der Waals surface area (Å²) in [5, 5.41) is 16.3. The summed E-state index contributed by atoms with van der Waals surface area (Å²) in [6, 6.07) is 10.5. The molecule has 0 aliphatic heterocycles. The highest BCUT2D eigenvalue weighted by Gasteiger charge is 2.29. The number of carbonyl (C=O) groups is 1. The third-order valence-electron chi connectivity index (χ3n) is 3.51. The van der Waals surface area contributed by atoms with Crippen molar-refractivity contribution in [2.45, 2.75) is 12.6 Å². The monoisotopic (exact) mass is 367 g/mol. The molecule has 0 aliphatic rings. The highest BCUT2D eigenvalue weighted by atomic mass is 19.4. The number of anilines is 1. The van der Waals surface area contributed by atoms with E-state index >= 15 is 0 Å². The van der Waals surface area contributed by atoms with Gasteiger partial charge in [0.05, 0.1) is 16.9 Å². The van der Waals surface area contributed by atoms with Crippen LogP contribution >= 0.6 is 0 Å². The van der Waals surface area contributed by atoms with E-state index < -0.39 is 16.7 Å². The summed E-state index contributed by atoms with van der Waals surface area (Å²) in [5.41, 5.74) is -0.0319. The fourth-order valence-corrected chi connectivity index (χ4v) is 2.24. The molecule has 2 aromatic carbocycles. The second-order valence-corrected chi connectivity index (χ2v) is 5.42. The molecule has 0 unspecified atom stereocenters. The Balaban J connectivity index is 1.78. The molecule has 2 rings (SSSR count). The average molecular weight is 367 g/mol. The van der Waals surface area contributed by atoms with Crippen molar-refractivity contribution in [1.82, 2.24) is 5.32 Å². The number of nitro groups is 1. The second-order valence-electron chi connectivity index (χ2n) is 5.42. The summed E-state index contributed by atoms with van der Waals surface area (Å²) in [6.07, 6.45) is -4.46. The Morgan fingerprint density at radius 1 is 1.04 bits per heavy atom. The van der Waals surface area contributed by atoms with Crippen molar-refractivity contribution in [1.29, 1.82) is 0 Å². The molecule has 0 bridgehead atoms. The number of alkyl halides is 3. The Morgan fingerprint density at radius 2 is 1.69 bits per heavy atom. The van der Waals surface area contributed by atoms with Crippen LogP contribution in [-0.4, -0.2) is 23.9 Å². The van der Waals surface area contributed by atoms with Crippen molar-refractivity contribution in [3.05, 3.63) is 69.8 Å². The molecule has 0 aliphatic carbocycles. The summed E-state index contributed by atoms with van der Waals surface area (Å²) in [6.45, 7) is 0.481. The fourth-order valence-electron chi connectivity index (χ4n) is 2.24. The maximum atomic E-state index is 12.5. The largest absolute Gasteiger partial charge is 0.416 e. The molecule has 0 fully saturated rings. The quantitative estimate of drug-likeness (QED) is 0.446. The zero-order valence-electron chi connectivity index (χ0n) is 13.5. The van der Waals surface area contributed by atoms with Gasteiger partial charge in [-0.2, -0.15) is 13.2 Å². The number of benzene rings is 2. The van der Waals surface area contributed by atoms with Crippen LogP contribution in [0.25, 0.3) is 0 Å². The topological polar surface area (TPSA) is 84.3 Å². The summed E-state index contributed by atoms with van der Waals surface area (Å²) in [7, 11) is 0. The van der Waals surface area contributed by atoms with Gasteiger partial charge in [0, 0.05) is 19.2 Å². The summed E-state index contributed by atoms with van der Waals surface area (Å²) in [5.74, 6) is -0.353. The van der Waals surface area contributed by atoms with E-state index in [9.17, 15) is 28.1 Å². The molecule has 6 nitrogen and oxygen atoms in total. The van der Waals surface area contributed by atoms with Crippen LogP contribution in [0, 0.1) is 10.1 Å². The Morgan fingerprint density at radius 3 is 2.31 bits per heavy atom. The lowest BCUT2D eigenvalue weighted by Gasteiger charge is -2.09. The normalized spacial score (nSPS) is 11.0. The minimum atomic E-state index is -4.41. The molecule has 26 heavy (non-hydrogen) atoms. The third-order valence-corrected chi connectivity index (χ3v) is 3.51. The Hall–Kier alpha value is -3.10. The second kappa shape index (κ2) is 8.32. The SMILES string of the molecule is O=C(Cc1ccc(C(F)(F)F)cc1)NCCNc1ccccc1[N+](=O)[O-]. The summed E-state index contributed by atoms with van der Waals surface area (Å²) in [4.78, 5) is 22.2. The highest BCUT2D eigenvalue weighted by Crippen LogP contribution is 2.29. The Bertz CT molecular complexity index is 777. The minimum Gasteiger partial charge on any atom is -0.378 e. The van der Waals surface area contributed by atoms with Crippen molar-refractivity contribution in [3.63, 3.8) is 0 Å². The van der Waals surface area contributed by atoms with Crippen molar-refractivity contribution in [2.24, 2.45) is 0 Å². The van der Waals surface area contributed by atoms with Crippen molar-refractivity contribution in [3.8, 4) is 0 Å². The number of hydrogen-bond acceptors (Lipinski definition) is 4. The molecule has 0 spiro atoms. The van der Waals surface area contributed by atoms with Gasteiger partial charge in [0.25, 0.3) is 5.69 Å². The smallest absolute Gasteiger partial charge is 0.378 e. The number of halogens is 3. The predicted molar refractivity (Wildman–Crippen MR) is 89.7 cm³/mol. The molecule has 0 aromatic heterocycles. The maximum absolute atomic E-state index is 12.5. The molecule has 0 atom stereocenters. The number of nitrogens with one attached hydrogen (secondary N) is 2. The van der Waals surface area contributed by atoms with Crippen molar-refractivity contribution < 1.29 is 22.9 Å². The molecular weight excluding hydrogens is 351 g/mol. The number of nitro benzene ring substituents is 1. The van der Waals surface area contributed by atoms with Gasteiger partial charge in [0.2, 0.25) is 5.91 Å². The number of carbonyl (C=O) groups excluding carboxylic acids is 1. The first kappa shape index (κ1) is 19.2. The van der Waals surface area contributed by atoms with E-state index in [1.165, 1.54) is 18.2 Å². The molecule has 0 saturated carbocycles.